The highest BCUT2D eigenvalue weighted by molar-refractivity contribution is 7.92. The molecule has 0 fully saturated rings. The van der Waals surface area contributed by atoms with Gasteiger partial charge in [-0.2, -0.15) is 23.1 Å². The summed E-state index contributed by atoms with van der Waals surface area (Å²) < 4.78 is 42.4. The summed E-state index contributed by atoms with van der Waals surface area (Å²) in [5.74, 6) is -0.743. The standard InChI is InChI=1S/C18H20N6O7S/c1-5-13-21-24(17-19-14(29-2)10-15(20-17)30-3)18(26)23(13)22-32(27,28)12-9-7-6-8-11(12)16(25)31-4/h6-10,22H,5H2,1-4H3. The molecule has 0 saturated carbocycles. The molecular formula is C18H20N6O7S. The van der Waals surface area contributed by atoms with E-state index in [0.29, 0.717) is 0 Å². The van der Waals surface area contributed by atoms with Crippen LogP contribution in [0, 0.1) is 0 Å². The molecule has 0 aliphatic carbocycles. The number of methoxy groups -OCH3 is 3. The number of carbonyl (C=O) groups excluding carboxylic acids is 1. The predicted octanol–water partition coefficient (Wildman–Crippen LogP) is 0.123. The zero-order valence-corrected chi connectivity index (χ0v) is 18.4. The molecule has 0 spiro atoms. The van der Waals surface area contributed by atoms with E-state index in [9.17, 15) is 18.0 Å². The number of nitrogens with one attached hydrogen (secondary N) is 1. The van der Waals surface area contributed by atoms with Gasteiger partial charge >= 0.3 is 11.7 Å². The topological polar surface area (TPSA) is 157 Å². The second-order valence-corrected chi connectivity index (χ2v) is 7.76. The van der Waals surface area contributed by atoms with Crippen LogP contribution < -0.4 is 20.0 Å². The molecule has 13 nitrogen and oxygen atoms in total. The van der Waals surface area contributed by atoms with Gasteiger partial charge in [-0.15, -0.1) is 9.78 Å². The highest BCUT2D eigenvalue weighted by Gasteiger charge is 2.26. The Morgan fingerprint density at radius 3 is 2.28 bits per heavy atom. The SMILES string of the molecule is CCc1nn(-c2nc(OC)cc(OC)n2)c(=O)n1NS(=O)(=O)c1ccccc1C(=O)OC. The minimum Gasteiger partial charge on any atom is -0.481 e. The Hall–Kier alpha value is -3.94. The van der Waals surface area contributed by atoms with Crippen molar-refractivity contribution in [3.8, 4) is 17.7 Å². The Balaban J connectivity index is 2.11. The summed E-state index contributed by atoms with van der Waals surface area (Å²) in [6.07, 6.45) is 0.185. The van der Waals surface area contributed by atoms with E-state index in [1.54, 1.807) is 6.92 Å². The molecule has 14 heteroatoms. The first-order chi connectivity index (χ1) is 15.2. The molecule has 2 heterocycles. The Morgan fingerprint density at radius 1 is 1.09 bits per heavy atom. The summed E-state index contributed by atoms with van der Waals surface area (Å²) in [5.41, 5.74) is -1.09. The number of benzene rings is 1. The molecule has 3 aromatic rings. The van der Waals surface area contributed by atoms with Crippen LogP contribution in [0.1, 0.15) is 23.1 Å². The van der Waals surface area contributed by atoms with Crippen LogP contribution >= 0.6 is 0 Å². The first kappa shape index (κ1) is 22.7. The third-order valence-corrected chi connectivity index (χ3v) is 5.59. The normalized spacial score (nSPS) is 11.1. The van der Waals surface area contributed by atoms with Gasteiger partial charge < -0.3 is 14.2 Å². The number of hydrogen-bond acceptors (Lipinski definition) is 10. The molecule has 0 amide bonds. The van der Waals surface area contributed by atoms with Crippen molar-refractivity contribution < 1.29 is 27.4 Å². The van der Waals surface area contributed by atoms with Gasteiger partial charge in [-0.3, -0.25) is 0 Å². The fourth-order valence-electron chi connectivity index (χ4n) is 2.70. The minimum atomic E-state index is -4.38. The lowest BCUT2D eigenvalue weighted by Gasteiger charge is -2.12. The van der Waals surface area contributed by atoms with Crippen LogP contribution in [0.15, 0.2) is 40.0 Å². The zero-order chi connectivity index (χ0) is 23.5. The molecule has 0 aliphatic rings. The molecular weight excluding hydrogens is 444 g/mol. The molecule has 0 aliphatic heterocycles. The second kappa shape index (κ2) is 9.05. The van der Waals surface area contributed by atoms with Gasteiger partial charge in [0.05, 0.1) is 33.0 Å². The van der Waals surface area contributed by atoms with Gasteiger partial charge in [0.15, 0.2) is 5.82 Å². The molecule has 0 radical (unpaired) electrons. The number of nitrogens with zero attached hydrogens (tertiary/aromatic N) is 5. The van der Waals surface area contributed by atoms with E-state index in [1.165, 1.54) is 44.6 Å². The number of aryl methyl sites for hydroxylation is 1. The van der Waals surface area contributed by atoms with Crippen molar-refractivity contribution in [2.24, 2.45) is 0 Å². The lowest BCUT2D eigenvalue weighted by molar-refractivity contribution is 0.0596. The Labute approximate surface area is 182 Å². The third kappa shape index (κ3) is 4.25. The van der Waals surface area contributed by atoms with E-state index in [2.05, 4.69) is 24.6 Å². The number of hydrogen-bond donors (Lipinski definition) is 1. The van der Waals surface area contributed by atoms with Crippen LogP contribution in [0.5, 0.6) is 11.8 Å². The number of ether oxygens (including phenoxy) is 3. The van der Waals surface area contributed by atoms with E-state index < -0.39 is 21.7 Å². The first-order valence-corrected chi connectivity index (χ1v) is 10.6. The minimum absolute atomic E-state index is 0.0690. The van der Waals surface area contributed by atoms with Crippen LogP contribution in [0.3, 0.4) is 0 Å². The zero-order valence-electron chi connectivity index (χ0n) is 17.6. The molecule has 1 N–H and O–H groups in total. The van der Waals surface area contributed by atoms with Crippen LogP contribution in [-0.2, 0) is 21.2 Å². The number of rotatable bonds is 8. The Kier molecular flexibility index (Phi) is 6.43. The molecule has 2 aromatic heterocycles. The molecule has 32 heavy (non-hydrogen) atoms. The summed E-state index contributed by atoms with van der Waals surface area (Å²) in [5, 5.41) is 4.11. The molecule has 0 bridgehead atoms. The number of esters is 1. The number of aromatic nitrogens is 5. The fraction of sp³-hybridized carbons (Fsp3) is 0.278. The number of sulfonamides is 1. The molecule has 170 valence electrons. The van der Waals surface area contributed by atoms with Gasteiger partial charge in [0, 0.05) is 6.42 Å². The van der Waals surface area contributed by atoms with Crippen LogP contribution in [0.25, 0.3) is 5.95 Å². The lowest BCUT2D eigenvalue weighted by atomic mass is 10.2. The van der Waals surface area contributed by atoms with E-state index in [4.69, 9.17) is 9.47 Å². The van der Waals surface area contributed by atoms with Crippen molar-refractivity contribution in [2.45, 2.75) is 18.2 Å². The van der Waals surface area contributed by atoms with Crippen LogP contribution in [0.4, 0.5) is 0 Å². The summed E-state index contributed by atoms with van der Waals surface area (Å²) in [7, 11) is -0.505. The van der Waals surface area contributed by atoms with Gasteiger partial charge in [0.25, 0.3) is 16.0 Å². The first-order valence-electron chi connectivity index (χ1n) is 9.14. The Morgan fingerprint density at radius 2 is 1.72 bits per heavy atom. The van der Waals surface area contributed by atoms with Crippen LogP contribution in [-0.4, -0.2) is 60.1 Å². The van der Waals surface area contributed by atoms with Gasteiger partial charge in [-0.05, 0) is 12.1 Å². The summed E-state index contributed by atoms with van der Waals surface area (Å²) >= 11 is 0. The predicted molar refractivity (Wildman–Crippen MR) is 110 cm³/mol. The average molecular weight is 464 g/mol. The quantitative estimate of drug-likeness (QED) is 0.454. The Bertz CT molecular complexity index is 1290. The summed E-state index contributed by atoms with van der Waals surface area (Å²) in [6, 6.07) is 6.83. The van der Waals surface area contributed by atoms with Gasteiger partial charge in [-0.25, -0.2) is 14.4 Å². The van der Waals surface area contributed by atoms with Gasteiger partial charge in [-0.1, -0.05) is 19.1 Å². The van der Waals surface area contributed by atoms with Gasteiger partial charge in [0.2, 0.25) is 11.8 Å². The van der Waals surface area contributed by atoms with E-state index in [-0.39, 0.29) is 40.4 Å². The monoisotopic (exact) mass is 464 g/mol. The van der Waals surface area contributed by atoms with Crippen molar-refractivity contribution in [3.63, 3.8) is 0 Å². The van der Waals surface area contributed by atoms with E-state index in [0.717, 1.165) is 16.5 Å². The molecule has 0 unspecified atom stereocenters. The van der Waals surface area contributed by atoms with Crippen molar-refractivity contribution in [2.75, 3.05) is 26.2 Å². The third-order valence-electron chi connectivity index (χ3n) is 4.23. The lowest BCUT2D eigenvalue weighted by Crippen LogP contribution is -2.36. The maximum Gasteiger partial charge on any atom is 0.373 e. The highest BCUT2D eigenvalue weighted by atomic mass is 32.2. The largest absolute Gasteiger partial charge is 0.481 e. The second-order valence-electron chi connectivity index (χ2n) is 6.13. The fourth-order valence-corrected chi connectivity index (χ4v) is 3.92. The van der Waals surface area contributed by atoms with Crippen molar-refractivity contribution in [1.29, 1.82) is 0 Å². The van der Waals surface area contributed by atoms with Crippen LogP contribution in [0.2, 0.25) is 0 Å². The molecule has 1 aromatic carbocycles. The van der Waals surface area contributed by atoms with E-state index >= 15 is 0 Å². The molecule has 0 saturated heterocycles. The molecule has 0 atom stereocenters. The smallest absolute Gasteiger partial charge is 0.373 e. The van der Waals surface area contributed by atoms with Crippen molar-refractivity contribution in [1.82, 2.24) is 24.4 Å². The number of carbonyl (C=O) groups is 1. The van der Waals surface area contributed by atoms with Crippen molar-refractivity contribution in [3.05, 3.63) is 52.2 Å². The van der Waals surface area contributed by atoms with Gasteiger partial charge in [0.1, 0.15) is 4.90 Å². The summed E-state index contributed by atoms with van der Waals surface area (Å²) in [6.45, 7) is 1.67. The molecule has 3 rings (SSSR count). The average Bonchev–Trinajstić information content (AvgIpc) is 3.12. The van der Waals surface area contributed by atoms with Crippen molar-refractivity contribution >= 4 is 16.0 Å². The summed E-state index contributed by atoms with van der Waals surface area (Å²) in [4.78, 5) is 34.9. The highest BCUT2D eigenvalue weighted by Crippen LogP contribution is 2.18. The maximum absolute atomic E-state index is 13.0. The maximum atomic E-state index is 13.0. The van der Waals surface area contributed by atoms with E-state index in [1.807, 2.05) is 0 Å².